The minimum absolute atomic E-state index is 0.0567. The van der Waals surface area contributed by atoms with E-state index >= 15 is 0 Å². The number of carbonyl (C=O) groups excluding carboxylic acids is 1. The van der Waals surface area contributed by atoms with Crippen molar-refractivity contribution in [2.24, 2.45) is 0 Å². The van der Waals surface area contributed by atoms with Crippen molar-refractivity contribution in [3.63, 3.8) is 0 Å². The van der Waals surface area contributed by atoms with Crippen molar-refractivity contribution in [2.75, 3.05) is 17.8 Å². The molecule has 1 aliphatic heterocycles. The third-order valence-corrected chi connectivity index (χ3v) is 5.52. The fraction of sp³-hybridized carbons (Fsp3) is 0.200. The number of carbonyl (C=O) groups is 1. The minimum Gasteiger partial charge on any atom is -0.339 e. The molecule has 2 heterocycles. The van der Waals surface area contributed by atoms with Gasteiger partial charge < -0.3 is 9.62 Å². The van der Waals surface area contributed by atoms with Crippen LogP contribution in [0.1, 0.15) is 24.2 Å². The molecule has 2 aromatic carbocycles. The standard InChI is InChI=1S/C20H19N3OS/c1-3-23(4-2)20(24)16-11-12-21-18-15(16)10-9-14-13-7-5-6-8-17(13)25-22-19(14)18/h5-12,22H,3-4H2,1-2H3. The second kappa shape index (κ2) is 6.41. The van der Waals surface area contributed by atoms with Gasteiger partial charge in [-0.05, 0) is 43.5 Å². The van der Waals surface area contributed by atoms with Gasteiger partial charge in [0.15, 0.2) is 0 Å². The number of anilines is 1. The Morgan fingerprint density at radius 2 is 1.88 bits per heavy atom. The second-order valence-corrected chi connectivity index (χ2v) is 6.77. The number of hydrogen-bond acceptors (Lipinski definition) is 4. The molecule has 3 aromatic rings. The molecule has 0 atom stereocenters. The van der Waals surface area contributed by atoms with E-state index < -0.39 is 0 Å². The first kappa shape index (κ1) is 16.0. The summed E-state index contributed by atoms with van der Waals surface area (Å²) in [6, 6.07) is 14.2. The Morgan fingerprint density at radius 1 is 1.08 bits per heavy atom. The number of nitrogens with one attached hydrogen (secondary N) is 1. The highest BCUT2D eigenvalue weighted by Gasteiger charge is 2.22. The van der Waals surface area contributed by atoms with Crippen LogP contribution in [0.25, 0.3) is 22.0 Å². The van der Waals surface area contributed by atoms with Gasteiger partial charge in [-0.1, -0.05) is 30.3 Å². The van der Waals surface area contributed by atoms with Gasteiger partial charge in [-0.3, -0.25) is 9.78 Å². The van der Waals surface area contributed by atoms with E-state index in [9.17, 15) is 4.79 Å². The Balaban J connectivity index is 1.91. The summed E-state index contributed by atoms with van der Waals surface area (Å²) < 4.78 is 3.41. The molecule has 0 saturated heterocycles. The third-order valence-electron chi connectivity index (χ3n) is 4.63. The summed E-state index contributed by atoms with van der Waals surface area (Å²) in [5.74, 6) is 0.0567. The largest absolute Gasteiger partial charge is 0.339 e. The molecule has 0 fully saturated rings. The lowest BCUT2D eigenvalue weighted by Crippen LogP contribution is -2.30. The topological polar surface area (TPSA) is 45.2 Å². The predicted molar refractivity (Wildman–Crippen MR) is 104 cm³/mol. The summed E-state index contributed by atoms with van der Waals surface area (Å²) in [4.78, 5) is 20.5. The van der Waals surface area contributed by atoms with Gasteiger partial charge in [0.25, 0.3) is 5.91 Å². The van der Waals surface area contributed by atoms with Crippen LogP contribution in [-0.2, 0) is 0 Å². The SMILES string of the molecule is CCN(CC)C(=O)c1ccnc2c3c(ccc12)-c1ccccc1SN3. The first-order valence-corrected chi connectivity index (χ1v) is 9.29. The predicted octanol–water partition coefficient (Wildman–Crippen LogP) is 4.82. The molecule has 0 unspecified atom stereocenters. The molecule has 4 rings (SSSR count). The first-order valence-electron chi connectivity index (χ1n) is 8.47. The van der Waals surface area contributed by atoms with Gasteiger partial charge in [-0.15, -0.1) is 0 Å². The molecule has 0 aliphatic carbocycles. The molecular formula is C20H19N3OS. The second-order valence-electron chi connectivity index (χ2n) is 5.92. The molecule has 1 aromatic heterocycles. The average molecular weight is 349 g/mol. The number of aromatic nitrogens is 1. The number of amides is 1. The van der Waals surface area contributed by atoms with E-state index in [1.807, 2.05) is 43.0 Å². The summed E-state index contributed by atoms with van der Waals surface area (Å²) >= 11 is 1.59. The maximum Gasteiger partial charge on any atom is 0.254 e. The molecule has 1 aliphatic rings. The number of nitrogens with zero attached hydrogens (tertiary/aromatic N) is 2. The van der Waals surface area contributed by atoms with Gasteiger partial charge in [-0.2, -0.15) is 0 Å². The van der Waals surface area contributed by atoms with Crippen molar-refractivity contribution in [3.8, 4) is 11.1 Å². The molecule has 1 N–H and O–H groups in total. The highest BCUT2D eigenvalue weighted by Crippen LogP contribution is 2.45. The van der Waals surface area contributed by atoms with Gasteiger partial charge in [0.05, 0.1) is 16.8 Å². The Hall–Kier alpha value is -2.53. The Labute approximate surface area is 151 Å². The van der Waals surface area contributed by atoms with Crippen molar-refractivity contribution in [3.05, 3.63) is 54.2 Å². The van der Waals surface area contributed by atoms with Crippen LogP contribution in [0.2, 0.25) is 0 Å². The van der Waals surface area contributed by atoms with Crippen molar-refractivity contribution in [1.82, 2.24) is 9.88 Å². The number of hydrogen-bond donors (Lipinski definition) is 1. The van der Waals surface area contributed by atoms with Crippen LogP contribution >= 0.6 is 11.9 Å². The quantitative estimate of drug-likeness (QED) is 0.689. The first-order chi connectivity index (χ1) is 12.2. The van der Waals surface area contributed by atoms with E-state index in [4.69, 9.17) is 0 Å². The third kappa shape index (κ3) is 2.55. The summed E-state index contributed by atoms with van der Waals surface area (Å²) in [7, 11) is 0. The van der Waals surface area contributed by atoms with Gasteiger partial charge in [0.1, 0.15) is 0 Å². The summed E-state index contributed by atoms with van der Waals surface area (Å²) in [5, 5.41) is 0.894. The van der Waals surface area contributed by atoms with Crippen LogP contribution in [0.4, 0.5) is 5.69 Å². The molecular weight excluding hydrogens is 330 g/mol. The fourth-order valence-electron chi connectivity index (χ4n) is 3.30. The van der Waals surface area contributed by atoms with Crippen molar-refractivity contribution in [1.29, 1.82) is 0 Å². The Kier molecular flexibility index (Phi) is 4.09. The van der Waals surface area contributed by atoms with E-state index in [1.165, 1.54) is 10.5 Å². The maximum absolute atomic E-state index is 12.9. The Bertz CT molecular complexity index is 966. The van der Waals surface area contributed by atoms with Gasteiger partial charge in [0, 0.05) is 35.1 Å². The molecule has 4 nitrogen and oxygen atoms in total. The zero-order valence-electron chi connectivity index (χ0n) is 14.2. The Morgan fingerprint density at radius 3 is 2.68 bits per heavy atom. The molecule has 25 heavy (non-hydrogen) atoms. The minimum atomic E-state index is 0.0567. The number of benzene rings is 2. The van der Waals surface area contributed by atoms with Crippen molar-refractivity contribution < 1.29 is 4.79 Å². The molecule has 1 amide bonds. The van der Waals surface area contributed by atoms with Crippen LogP contribution in [0.5, 0.6) is 0 Å². The lowest BCUT2D eigenvalue weighted by molar-refractivity contribution is 0.0775. The smallest absolute Gasteiger partial charge is 0.254 e. The number of fused-ring (bicyclic) bond motifs is 5. The monoisotopic (exact) mass is 349 g/mol. The highest BCUT2D eigenvalue weighted by atomic mass is 32.2. The van der Waals surface area contributed by atoms with E-state index in [1.54, 1.807) is 18.1 Å². The molecule has 0 saturated carbocycles. The lowest BCUT2D eigenvalue weighted by atomic mass is 9.98. The summed E-state index contributed by atoms with van der Waals surface area (Å²) in [6.45, 7) is 5.40. The lowest BCUT2D eigenvalue weighted by Gasteiger charge is -2.23. The van der Waals surface area contributed by atoms with Gasteiger partial charge in [-0.25, -0.2) is 0 Å². The van der Waals surface area contributed by atoms with Crippen LogP contribution in [-0.4, -0.2) is 28.9 Å². The van der Waals surface area contributed by atoms with Crippen LogP contribution in [0.3, 0.4) is 0 Å². The number of rotatable bonds is 3. The summed E-state index contributed by atoms with van der Waals surface area (Å²) in [6.07, 6.45) is 1.73. The fourth-order valence-corrected chi connectivity index (χ4v) is 4.15. The van der Waals surface area contributed by atoms with Gasteiger partial charge >= 0.3 is 0 Å². The zero-order chi connectivity index (χ0) is 17.4. The zero-order valence-corrected chi connectivity index (χ0v) is 15.1. The van der Waals surface area contributed by atoms with Crippen molar-refractivity contribution in [2.45, 2.75) is 18.7 Å². The van der Waals surface area contributed by atoms with E-state index in [0.29, 0.717) is 18.7 Å². The average Bonchev–Trinajstić information content (AvgIpc) is 2.67. The molecule has 5 heteroatoms. The van der Waals surface area contributed by atoms with Crippen LogP contribution in [0.15, 0.2) is 53.6 Å². The molecule has 0 spiro atoms. The van der Waals surface area contributed by atoms with E-state index in [2.05, 4.69) is 27.9 Å². The summed E-state index contributed by atoms with van der Waals surface area (Å²) in [5.41, 5.74) is 4.86. The maximum atomic E-state index is 12.9. The normalized spacial score (nSPS) is 12.2. The van der Waals surface area contributed by atoms with Crippen LogP contribution in [0, 0.1) is 0 Å². The molecule has 126 valence electrons. The van der Waals surface area contributed by atoms with E-state index in [0.717, 1.165) is 22.2 Å². The van der Waals surface area contributed by atoms with Crippen molar-refractivity contribution >= 4 is 34.4 Å². The van der Waals surface area contributed by atoms with Crippen LogP contribution < -0.4 is 4.72 Å². The van der Waals surface area contributed by atoms with Gasteiger partial charge in [0.2, 0.25) is 0 Å². The molecule has 0 bridgehead atoms. The molecule has 0 radical (unpaired) electrons. The highest BCUT2D eigenvalue weighted by molar-refractivity contribution is 8.00. The van der Waals surface area contributed by atoms with E-state index in [-0.39, 0.29) is 5.91 Å². The number of pyridine rings is 1.